The second kappa shape index (κ2) is 5.43. The van der Waals surface area contributed by atoms with E-state index in [1.165, 1.54) is 0 Å². The molecular formula is C15H11F3N6O. The molecule has 0 saturated heterocycles. The monoisotopic (exact) mass is 348 g/mol. The van der Waals surface area contributed by atoms with E-state index in [0.717, 1.165) is 16.9 Å². The van der Waals surface area contributed by atoms with Crippen molar-refractivity contribution in [3.05, 3.63) is 41.9 Å². The third-order valence-corrected chi connectivity index (χ3v) is 3.81. The highest BCUT2D eigenvalue weighted by Crippen LogP contribution is 2.36. The van der Waals surface area contributed by atoms with Gasteiger partial charge in [0.15, 0.2) is 0 Å². The molecule has 4 rings (SSSR count). The minimum atomic E-state index is -4.61. The fourth-order valence-electron chi connectivity index (χ4n) is 2.68. The second-order valence-electron chi connectivity index (χ2n) is 5.38. The van der Waals surface area contributed by atoms with Gasteiger partial charge in [-0.25, -0.2) is 15.0 Å². The Kier molecular flexibility index (Phi) is 3.34. The van der Waals surface area contributed by atoms with Gasteiger partial charge < -0.3 is 10.4 Å². The fraction of sp³-hybridized carbons (Fsp3) is 0.200. The van der Waals surface area contributed by atoms with Gasteiger partial charge in [-0.05, 0) is 24.6 Å². The maximum atomic E-state index is 12.9. The summed E-state index contributed by atoms with van der Waals surface area (Å²) in [6.07, 6.45) is -1.59. The van der Waals surface area contributed by atoms with Crippen molar-refractivity contribution in [2.75, 3.05) is 11.9 Å². The molecule has 0 fully saturated rings. The van der Waals surface area contributed by atoms with E-state index in [9.17, 15) is 18.3 Å². The summed E-state index contributed by atoms with van der Waals surface area (Å²) in [6, 6.07) is 4.24. The second-order valence-corrected chi connectivity index (χ2v) is 5.38. The molecule has 0 atom stereocenters. The van der Waals surface area contributed by atoms with Gasteiger partial charge in [0.1, 0.15) is 17.2 Å². The molecule has 0 amide bonds. The third kappa shape index (κ3) is 2.55. The van der Waals surface area contributed by atoms with E-state index in [1.807, 2.05) is 0 Å². The van der Waals surface area contributed by atoms with Crippen molar-refractivity contribution in [3.63, 3.8) is 0 Å². The average molecular weight is 348 g/mol. The molecule has 4 heterocycles. The molecule has 128 valence electrons. The van der Waals surface area contributed by atoms with Gasteiger partial charge in [-0.2, -0.15) is 23.0 Å². The summed E-state index contributed by atoms with van der Waals surface area (Å²) in [5, 5.41) is 17.8. The van der Waals surface area contributed by atoms with Crippen LogP contribution < -0.4 is 5.32 Å². The van der Waals surface area contributed by atoms with Crippen molar-refractivity contribution in [1.29, 1.82) is 0 Å². The number of halogens is 3. The topological polar surface area (TPSA) is 88.8 Å². The predicted molar refractivity (Wildman–Crippen MR) is 81.2 cm³/mol. The molecule has 0 radical (unpaired) electrons. The number of hydrogen-bond donors (Lipinski definition) is 2. The number of fused-ring (bicyclic) bond motifs is 3. The number of anilines is 1. The molecule has 0 saturated carbocycles. The first-order valence-corrected chi connectivity index (χ1v) is 7.36. The van der Waals surface area contributed by atoms with E-state index in [2.05, 4.69) is 25.4 Å². The van der Waals surface area contributed by atoms with E-state index in [0.29, 0.717) is 35.6 Å². The van der Waals surface area contributed by atoms with Crippen molar-refractivity contribution >= 4 is 5.82 Å². The van der Waals surface area contributed by atoms with Crippen LogP contribution in [0.4, 0.5) is 19.0 Å². The van der Waals surface area contributed by atoms with Gasteiger partial charge in [0, 0.05) is 30.1 Å². The molecule has 1 aliphatic rings. The maximum absolute atomic E-state index is 12.9. The molecule has 3 aromatic rings. The molecule has 0 bridgehead atoms. The van der Waals surface area contributed by atoms with E-state index in [4.69, 9.17) is 0 Å². The summed E-state index contributed by atoms with van der Waals surface area (Å²) < 4.78 is 39.5. The Labute approximate surface area is 139 Å². The van der Waals surface area contributed by atoms with E-state index >= 15 is 0 Å². The SMILES string of the molecule is Oc1c2c(nn1-c1nccc(C(F)(F)F)n1)-c1cccnc1NCC2. The summed E-state index contributed by atoms with van der Waals surface area (Å²) in [7, 11) is 0. The number of hydrogen-bond acceptors (Lipinski definition) is 6. The van der Waals surface area contributed by atoms with Crippen LogP contribution in [0.5, 0.6) is 5.88 Å². The van der Waals surface area contributed by atoms with Gasteiger partial charge in [0.25, 0.3) is 5.95 Å². The highest BCUT2D eigenvalue weighted by Gasteiger charge is 2.33. The van der Waals surface area contributed by atoms with Gasteiger partial charge in [-0.15, -0.1) is 0 Å². The minimum absolute atomic E-state index is 0.284. The van der Waals surface area contributed by atoms with Crippen LogP contribution in [-0.2, 0) is 12.6 Å². The van der Waals surface area contributed by atoms with Gasteiger partial charge in [0.05, 0.1) is 0 Å². The smallest absolute Gasteiger partial charge is 0.433 e. The number of nitrogens with one attached hydrogen (secondary N) is 1. The Morgan fingerprint density at radius 3 is 2.80 bits per heavy atom. The van der Waals surface area contributed by atoms with Crippen LogP contribution in [0.2, 0.25) is 0 Å². The molecule has 10 heteroatoms. The number of rotatable bonds is 1. The summed E-state index contributed by atoms with van der Waals surface area (Å²) in [4.78, 5) is 11.5. The molecule has 0 unspecified atom stereocenters. The van der Waals surface area contributed by atoms with Gasteiger partial charge in [-0.3, -0.25) is 0 Å². The van der Waals surface area contributed by atoms with E-state index in [1.54, 1.807) is 18.3 Å². The van der Waals surface area contributed by atoms with Crippen LogP contribution in [0.25, 0.3) is 17.2 Å². The quantitative estimate of drug-likeness (QED) is 0.702. The Morgan fingerprint density at radius 2 is 2.00 bits per heavy atom. The molecule has 0 aliphatic carbocycles. The first-order valence-electron chi connectivity index (χ1n) is 7.36. The molecule has 0 aromatic carbocycles. The van der Waals surface area contributed by atoms with Crippen LogP contribution in [0, 0.1) is 0 Å². The van der Waals surface area contributed by atoms with Crippen molar-refractivity contribution in [2.24, 2.45) is 0 Å². The average Bonchev–Trinajstić information content (AvgIpc) is 2.81. The normalized spacial score (nSPS) is 13.6. The number of alkyl halides is 3. The lowest BCUT2D eigenvalue weighted by atomic mass is 10.1. The lowest BCUT2D eigenvalue weighted by Gasteiger charge is -2.08. The van der Waals surface area contributed by atoms with Crippen LogP contribution in [-0.4, -0.2) is 36.4 Å². The largest absolute Gasteiger partial charge is 0.493 e. The van der Waals surface area contributed by atoms with E-state index in [-0.39, 0.29) is 11.8 Å². The third-order valence-electron chi connectivity index (χ3n) is 3.81. The molecule has 25 heavy (non-hydrogen) atoms. The number of pyridine rings is 1. The standard InChI is InChI=1S/C15H11F3N6O/c16-15(17,18)10-4-7-21-14(22-10)24-13(25)9-3-6-20-12-8(11(9)23-24)2-1-5-19-12/h1-2,4-5,7,25H,3,6H2,(H,19,20). The zero-order chi connectivity index (χ0) is 17.6. The lowest BCUT2D eigenvalue weighted by molar-refractivity contribution is -0.141. The summed E-state index contributed by atoms with van der Waals surface area (Å²) in [5.74, 6) is -0.0394. The molecular weight excluding hydrogens is 337 g/mol. The summed E-state index contributed by atoms with van der Waals surface area (Å²) in [5.41, 5.74) is 0.481. The lowest BCUT2D eigenvalue weighted by Crippen LogP contribution is -2.12. The Bertz CT molecular complexity index is 953. The van der Waals surface area contributed by atoms with Crippen molar-refractivity contribution in [3.8, 4) is 23.1 Å². The maximum Gasteiger partial charge on any atom is 0.433 e. The first kappa shape index (κ1) is 15.4. The molecule has 3 aromatic heterocycles. The van der Waals surface area contributed by atoms with Crippen LogP contribution in [0.1, 0.15) is 11.3 Å². The van der Waals surface area contributed by atoms with Crippen molar-refractivity contribution in [1.82, 2.24) is 24.7 Å². The van der Waals surface area contributed by atoms with Crippen LogP contribution in [0.3, 0.4) is 0 Å². The van der Waals surface area contributed by atoms with E-state index < -0.39 is 11.9 Å². The number of aromatic hydroxyl groups is 1. The number of nitrogens with zero attached hydrogens (tertiary/aromatic N) is 5. The minimum Gasteiger partial charge on any atom is -0.493 e. The van der Waals surface area contributed by atoms with Crippen LogP contribution >= 0.6 is 0 Å². The Balaban J connectivity index is 1.88. The van der Waals surface area contributed by atoms with Gasteiger partial charge in [-0.1, -0.05) is 0 Å². The fourth-order valence-corrected chi connectivity index (χ4v) is 2.68. The van der Waals surface area contributed by atoms with Gasteiger partial charge in [0.2, 0.25) is 5.88 Å². The Hall–Kier alpha value is -3.17. The highest BCUT2D eigenvalue weighted by molar-refractivity contribution is 5.77. The van der Waals surface area contributed by atoms with Crippen molar-refractivity contribution < 1.29 is 18.3 Å². The first-order chi connectivity index (χ1) is 11.9. The number of aromatic nitrogens is 5. The van der Waals surface area contributed by atoms with Crippen molar-refractivity contribution in [2.45, 2.75) is 12.6 Å². The van der Waals surface area contributed by atoms with Crippen LogP contribution in [0.15, 0.2) is 30.6 Å². The van der Waals surface area contributed by atoms with Gasteiger partial charge >= 0.3 is 6.18 Å². The Morgan fingerprint density at radius 1 is 1.16 bits per heavy atom. The molecule has 1 aliphatic heterocycles. The summed E-state index contributed by atoms with van der Waals surface area (Å²) in [6.45, 7) is 0.500. The molecule has 0 spiro atoms. The molecule has 2 N–H and O–H groups in total. The summed E-state index contributed by atoms with van der Waals surface area (Å²) >= 11 is 0. The highest BCUT2D eigenvalue weighted by atomic mass is 19.4. The zero-order valence-electron chi connectivity index (χ0n) is 12.6. The predicted octanol–water partition coefficient (Wildman–Crippen LogP) is 2.42. The zero-order valence-corrected chi connectivity index (χ0v) is 12.6. The molecule has 7 nitrogen and oxygen atoms in total.